The summed E-state index contributed by atoms with van der Waals surface area (Å²) in [5, 5.41) is 18.1. The molecule has 0 atom stereocenters. The Bertz CT molecular complexity index is 1720. The molecule has 190 valence electrons. The zero-order chi connectivity index (χ0) is 26.8. The first kappa shape index (κ1) is 25.1. The number of nitriles is 1. The van der Waals surface area contributed by atoms with E-state index in [2.05, 4.69) is 32.7 Å². The van der Waals surface area contributed by atoms with Gasteiger partial charge in [-0.2, -0.15) is 5.26 Å². The number of likely N-dealkylation sites (N-methyl/N-ethyl adjacent to an activating group) is 1. The van der Waals surface area contributed by atoms with Gasteiger partial charge >= 0.3 is 0 Å². The molecule has 7 nitrogen and oxygen atoms in total. The maximum atomic E-state index is 13.6. The molecule has 2 aromatic heterocycles. The number of aromatic amines is 1. The SMILES string of the molecule is CN(C)C(=O)Cc1ccc2cc(CNc3ccc4ncc(C#N)c(Nc5ccc(F)c(Cl)c5)c4c3)[nH]c2c1. The second-order valence-corrected chi connectivity index (χ2v) is 9.59. The first-order chi connectivity index (χ1) is 18.3. The molecule has 0 fully saturated rings. The van der Waals surface area contributed by atoms with Crippen molar-refractivity contribution >= 4 is 56.4 Å². The standard InChI is InChI=1S/C29H24ClFN6O/c1-37(2)28(38)10-17-3-4-18-11-22(35-27(18)9-17)16-33-20-6-8-26-23(12-20)29(19(14-32)15-34-26)36-21-5-7-25(31)24(30)13-21/h3-9,11-13,15,33,35H,10,16H2,1-2H3,(H,34,36). The molecule has 5 rings (SSSR count). The molecule has 0 aliphatic carbocycles. The molecular formula is C29H24ClFN6O. The molecule has 0 saturated carbocycles. The lowest BCUT2D eigenvalue weighted by atomic mass is 10.1. The van der Waals surface area contributed by atoms with Gasteiger partial charge in [0.25, 0.3) is 0 Å². The summed E-state index contributed by atoms with van der Waals surface area (Å²) in [5.41, 5.74) is 5.93. The average molecular weight is 527 g/mol. The smallest absolute Gasteiger partial charge is 0.226 e. The van der Waals surface area contributed by atoms with E-state index in [-0.39, 0.29) is 10.9 Å². The number of pyridine rings is 1. The second-order valence-electron chi connectivity index (χ2n) is 9.18. The number of aromatic nitrogens is 2. The van der Waals surface area contributed by atoms with Crippen molar-refractivity contribution in [3.63, 3.8) is 0 Å². The van der Waals surface area contributed by atoms with Gasteiger partial charge in [0.15, 0.2) is 0 Å². The number of H-pyrrole nitrogens is 1. The van der Waals surface area contributed by atoms with Crippen LogP contribution in [-0.4, -0.2) is 34.9 Å². The molecule has 2 heterocycles. The number of hydrogen-bond donors (Lipinski definition) is 3. The normalized spacial score (nSPS) is 10.9. The van der Waals surface area contributed by atoms with Gasteiger partial charge in [0, 0.05) is 48.3 Å². The number of fused-ring (bicyclic) bond motifs is 2. The molecule has 0 radical (unpaired) electrons. The van der Waals surface area contributed by atoms with Crippen LogP contribution in [0.1, 0.15) is 16.8 Å². The van der Waals surface area contributed by atoms with Gasteiger partial charge < -0.3 is 20.5 Å². The predicted molar refractivity (Wildman–Crippen MR) is 149 cm³/mol. The predicted octanol–water partition coefficient (Wildman–Crippen LogP) is 6.37. The Labute approximate surface area is 223 Å². The van der Waals surface area contributed by atoms with E-state index in [9.17, 15) is 14.4 Å². The zero-order valence-electron chi connectivity index (χ0n) is 20.8. The van der Waals surface area contributed by atoms with E-state index in [4.69, 9.17) is 11.6 Å². The molecule has 0 aliphatic heterocycles. The van der Waals surface area contributed by atoms with Crippen LogP contribution in [0.2, 0.25) is 5.02 Å². The van der Waals surface area contributed by atoms with E-state index < -0.39 is 5.82 Å². The summed E-state index contributed by atoms with van der Waals surface area (Å²) >= 11 is 5.95. The van der Waals surface area contributed by atoms with Crippen molar-refractivity contribution in [1.82, 2.24) is 14.9 Å². The van der Waals surface area contributed by atoms with Crippen LogP contribution in [0.3, 0.4) is 0 Å². The minimum atomic E-state index is -0.515. The monoisotopic (exact) mass is 526 g/mol. The molecule has 0 bridgehead atoms. The van der Waals surface area contributed by atoms with Crippen LogP contribution in [0.4, 0.5) is 21.5 Å². The third kappa shape index (κ3) is 5.24. The van der Waals surface area contributed by atoms with Gasteiger partial charge in [-0.1, -0.05) is 23.7 Å². The van der Waals surface area contributed by atoms with Gasteiger partial charge in [-0.3, -0.25) is 9.78 Å². The minimum Gasteiger partial charge on any atom is -0.379 e. The fraction of sp³-hybridized carbons (Fsp3) is 0.138. The minimum absolute atomic E-state index is 0.0102. The maximum Gasteiger partial charge on any atom is 0.226 e. The number of anilines is 3. The van der Waals surface area contributed by atoms with Crippen molar-refractivity contribution in [2.24, 2.45) is 0 Å². The first-order valence-electron chi connectivity index (χ1n) is 11.9. The van der Waals surface area contributed by atoms with Crippen LogP contribution in [0.5, 0.6) is 0 Å². The summed E-state index contributed by atoms with van der Waals surface area (Å²) in [6, 6.07) is 20.3. The van der Waals surface area contributed by atoms with E-state index in [1.165, 1.54) is 18.3 Å². The molecule has 3 N–H and O–H groups in total. The van der Waals surface area contributed by atoms with Gasteiger partial charge in [0.05, 0.1) is 34.8 Å². The summed E-state index contributed by atoms with van der Waals surface area (Å²) in [6.07, 6.45) is 1.86. The van der Waals surface area contributed by atoms with Crippen molar-refractivity contribution in [1.29, 1.82) is 5.26 Å². The lowest BCUT2D eigenvalue weighted by Crippen LogP contribution is -2.23. The van der Waals surface area contributed by atoms with Crippen LogP contribution < -0.4 is 10.6 Å². The number of carbonyl (C=O) groups is 1. The zero-order valence-corrected chi connectivity index (χ0v) is 21.5. The molecule has 0 aliphatic rings. The maximum absolute atomic E-state index is 13.6. The van der Waals surface area contributed by atoms with Crippen molar-refractivity contribution in [2.45, 2.75) is 13.0 Å². The Hall–Kier alpha value is -4.61. The highest BCUT2D eigenvalue weighted by molar-refractivity contribution is 6.31. The Morgan fingerprint density at radius 1 is 1.11 bits per heavy atom. The summed E-state index contributed by atoms with van der Waals surface area (Å²) < 4.78 is 13.6. The third-order valence-corrected chi connectivity index (χ3v) is 6.55. The van der Waals surface area contributed by atoms with Crippen molar-refractivity contribution < 1.29 is 9.18 Å². The number of benzene rings is 3. The number of carbonyl (C=O) groups excluding carboxylic acids is 1. The third-order valence-electron chi connectivity index (χ3n) is 6.26. The number of amides is 1. The molecule has 1 amide bonds. The van der Waals surface area contributed by atoms with Crippen LogP contribution in [0.15, 0.2) is 66.9 Å². The van der Waals surface area contributed by atoms with Crippen LogP contribution in [0, 0.1) is 17.1 Å². The Morgan fingerprint density at radius 2 is 1.92 bits per heavy atom. The molecule has 5 aromatic rings. The number of nitrogens with zero attached hydrogens (tertiary/aromatic N) is 3. The van der Waals surface area contributed by atoms with Crippen LogP contribution >= 0.6 is 11.6 Å². The fourth-order valence-corrected chi connectivity index (χ4v) is 4.39. The molecule has 9 heteroatoms. The van der Waals surface area contributed by atoms with Gasteiger partial charge in [0.2, 0.25) is 5.91 Å². The largest absolute Gasteiger partial charge is 0.379 e. The van der Waals surface area contributed by atoms with Gasteiger partial charge in [-0.15, -0.1) is 0 Å². The molecule has 0 saturated heterocycles. The Morgan fingerprint density at radius 3 is 2.68 bits per heavy atom. The molecule has 3 aromatic carbocycles. The highest BCUT2D eigenvalue weighted by atomic mass is 35.5. The van der Waals surface area contributed by atoms with E-state index in [0.717, 1.165) is 33.2 Å². The summed E-state index contributed by atoms with van der Waals surface area (Å²) in [6.45, 7) is 0.536. The summed E-state index contributed by atoms with van der Waals surface area (Å²) in [7, 11) is 3.50. The molecule has 0 unspecified atom stereocenters. The quantitative estimate of drug-likeness (QED) is 0.229. The van der Waals surface area contributed by atoms with Crippen molar-refractivity contribution in [3.05, 3.63) is 94.5 Å². The number of halogens is 2. The lowest BCUT2D eigenvalue weighted by molar-refractivity contribution is -0.127. The van der Waals surface area contributed by atoms with Gasteiger partial charge in [-0.25, -0.2) is 4.39 Å². The van der Waals surface area contributed by atoms with Crippen molar-refractivity contribution in [3.8, 4) is 6.07 Å². The van der Waals surface area contributed by atoms with Crippen LogP contribution in [-0.2, 0) is 17.8 Å². The van der Waals surface area contributed by atoms with Crippen molar-refractivity contribution in [2.75, 3.05) is 24.7 Å². The second kappa shape index (κ2) is 10.4. The topological polar surface area (TPSA) is 96.8 Å². The lowest BCUT2D eigenvalue weighted by Gasteiger charge is -2.13. The van der Waals surface area contributed by atoms with E-state index >= 15 is 0 Å². The summed E-state index contributed by atoms with van der Waals surface area (Å²) in [4.78, 5) is 21.5. The van der Waals surface area contributed by atoms with E-state index in [1.807, 2.05) is 36.4 Å². The van der Waals surface area contributed by atoms with Crippen LogP contribution in [0.25, 0.3) is 21.8 Å². The fourth-order valence-electron chi connectivity index (χ4n) is 4.21. The number of rotatable bonds is 7. The van der Waals surface area contributed by atoms with Gasteiger partial charge in [-0.05, 0) is 59.5 Å². The highest BCUT2D eigenvalue weighted by Crippen LogP contribution is 2.32. The average Bonchev–Trinajstić information content (AvgIpc) is 3.32. The molecular weight excluding hydrogens is 503 g/mol. The van der Waals surface area contributed by atoms with E-state index in [0.29, 0.717) is 35.4 Å². The number of nitrogens with one attached hydrogen (secondary N) is 3. The van der Waals surface area contributed by atoms with E-state index in [1.54, 1.807) is 25.1 Å². The first-order valence-corrected chi connectivity index (χ1v) is 12.3. The summed E-state index contributed by atoms with van der Waals surface area (Å²) in [5.74, 6) is -0.460. The molecule has 0 spiro atoms. The number of hydrogen-bond acceptors (Lipinski definition) is 5. The Kier molecular flexibility index (Phi) is 6.86. The molecule has 38 heavy (non-hydrogen) atoms. The highest BCUT2D eigenvalue weighted by Gasteiger charge is 2.12. The van der Waals surface area contributed by atoms with Gasteiger partial charge in [0.1, 0.15) is 11.9 Å². The Balaban J connectivity index is 1.39.